The van der Waals surface area contributed by atoms with Crippen LogP contribution in [-0.2, 0) is 0 Å². The lowest BCUT2D eigenvalue weighted by Gasteiger charge is -2.32. The molecule has 5 rings (SSSR count). The van der Waals surface area contributed by atoms with Crippen molar-refractivity contribution in [1.29, 1.82) is 0 Å². The molecule has 0 saturated carbocycles. The summed E-state index contributed by atoms with van der Waals surface area (Å²) in [4.78, 5) is 32.2. The van der Waals surface area contributed by atoms with E-state index in [1.54, 1.807) is 18.6 Å². The number of fused-ring (bicyclic) bond motifs is 5. The molecule has 0 spiro atoms. The second kappa shape index (κ2) is 6.88. The van der Waals surface area contributed by atoms with Crippen LogP contribution in [0, 0.1) is 0 Å². The number of anilines is 1. The average Bonchev–Trinajstić information content (AvgIpc) is 3.11. The number of piperazine rings is 1. The Morgan fingerprint density at radius 3 is 2.86 bits per heavy atom. The number of nitrogens with zero attached hydrogens (tertiary/aromatic N) is 4. The van der Waals surface area contributed by atoms with Crippen LogP contribution in [0.3, 0.4) is 0 Å². The third kappa shape index (κ3) is 2.90. The van der Waals surface area contributed by atoms with Crippen molar-refractivity contribution in [2.24, 2.45) is 0 Å². The van der Waals surface area contributed by atoms with Crippen LogP contribution in [0.5, 0.6) is 0 Å². The van der Waals surface area contributed by atoms with E-state index in [1.165, 1.54) is 0 Å². The Kier molecular flexibility index (Phi) is 4.22. The highest BCUT2D eigenvalue weighted by atomic mass is 16.1. The zero-order chi connectivity index (χ0) is 19.1. The molecule has 0 amide bonds. The Labute approximate surface area is 161 Å². The van der Waals surface area contributed by atoms with E-state index in [1.807, 2.05) is 12.1 Å². The Bertz CT molecular complexity index is 1200. The minimum Gasteiger partial charge on any atom is -0.368 e. The third-order valence-corrected chi connectivity index (χ3v) is 5.58. The number of likely N-dealkylation sites (N-methyl/N-ethyl adjacent to an activating group) is 1. The fourth-order valence-corrected chi connectivity index (χ4v) is 3.98. The molecule has 1 fully saturated rings. The van der Waals surface area contributed by atoms with Crippen LogP contribution < -0.4 is 10.9 Å². The van der Waals surface area contributed by atoms with Gasteiger partial charge in [-0.15, -0.1) is 0 Å². The number of pyridine rings is 3. The molecule has 0 radical (unpaired) electrons. The average molecular weight is 377 g/mol. The molecule has 4 aromatic heterocycles. The second-order valence-corrected chi connectivity index (χ2v) is 7.40. The maximum Gasteiger partial charge on any atom is 0.272 e. The first-order valence-corrected chi connectivity index (χ1v) is 9.62. The lowest BCUT2D eigenvalue weighted by Crippen LogP contribution is -2.45. The first-order chi connectivity index (χ1) is 13.7. The van der Waals surface area contributed by atoms with Crippen LogP contribution in [0.25, 0.3) is 32.7 Å². The summed E-state index contributed by atoms with van der Waals surface area (Å²) in [6, 6.07) is 3.86. The number of aromatic amines is 2. The van der Waals surface area contributed by atoms with Crippen molar-refractivity contribution in [2.75, 3.05) is 51.6 Å². The molecule has 1 aliphatic heterocycles. The number of hydrogen-bond acceptors (Lipinski definition) is 6. The molecule has 3 N–H and O–H groups in total. The maximum absolute atomic E-state index is 12.3. The summed E-state index contributed by atoms with van der Waals surface area (Å²) in [5.41, 5.74) is 2.17. The van der Waals surface area contributed by atoms with Gasteiger partial charge in [0.25, 0.3) is 5.56 Å². The quantitative estimate of drug-likeness (QED) is 0.500. The zero-order valence-electron chi connectivity index (χ0n) is 15.8. The van der Waals surface area contributed by atoms with E-state index in [0.717, 1.165) is 72.3 Å². The number of H-pyrrole nitrogens is 2. The summed E-state index contributed by atoms with van der Waals surface area (Å²) in [5.74, 6) is 0.793. The summed E-state index contributed by atoms with van der Waals surface area (Å²) in [7, 11) is 2.16. The van der Waals surface area contributed by atoms with Gasteiger partial charge in [-0.3, -0.25) is 14.7 Å². The van der Waals surface area contributed by atoms with Gasteiger partial charge in [0.05, 0.1) is 22.6 Å². The van der Waals surface area contributed by atoms with Crippen molar-refractivity contribution in [3.63, 3.8) is 0 Å². The van der Waals surface area contributed by atoms with Gasteiger partial charge in [0.15, 0.2) is 0 Å². The van der Waals surface area contributed by atoms with E-state index in [-0.39, 0.29) is 5.56 Å². The summed E-state index contributed by atoms with van der Waals surface area (Å²) in [6.07, 6.45) is 5.19. The molecule has 0 atom stereocenters. The van der Waals surface area contributed by atoms with Crippen molar-refractivity contribution in [3.05, 3.63) is 41.1 Å². The summed E-state index contributed by atoms with van der Waals surface area (Å²) in [5, 5.41) is 6.31. The molecule has 8 heteroatoms. The molecule has 28 heavy (non-hydrogen) atoms. The lowest BCUT2D eigenvalue weighted by atomic mass is 10.1. The van der Waals surface area contributed by atoms with Crippen LogP contribution in [-0.4, -0.2) is 76.1 Å². The topological polar surface area (TPSA) is 92.9 Å². The first-order valence-electron chi connectivity index (χ1n) is 9.62. The van der Waals surface area contributed by atoms with E-state index in [2.05, 4.69) is 37.1 Å². The molecule has 0 bridgehead atoms. The van der Waals surface area contributed by atoms with Gasteiger partial charge in [-0.05, 0) is 19.2 Å². The van der Waals surface area contributed by atoms with Crippen LogP contribution >= 0.6 is 0 Å². The monoisotopic (exact) mass is 377 g/mol. The largest absolute Gasteiger partial charge is 0.368 e. The number of hydrogen-bond donors (Lipinski definition) is 3. The van der Waals surface area contributed by atoms with Crippen LogP contribution in [0.2, 0.25) is 0 Å². The predicted molar refractivity (Wildman–Crippen MR) is 112 cm³/mol. The maximum atomic E-state index is 12.3. The van der Waals surface area contributed by atoms with Crippen LogP contribution in [0.4, 0.5) is 5.82 Å². The van der Waals surface area contributed by atoms with Crippen molar-refractivity contribution in [2.45, 2.75) is 0 Å². The smallest absolute Gasteiger partial charge is 0.272 e. The van der Waals surface area contributed by atoms with E-state index in [0.29, 0.717) is 5.52 Å². The second-order valence-electron chi connectivity index (χ2n) is 7.40. The number of rotatable bonds is 4. The van der Waals surface area contributed by atoms with E-state index in [9.17, 15) is 4.79 Å². The van der Waals surface area contributed by atoms with Crippen molar-refractivity contribution < 1.29 is 0 Å². The Hall–Kier alpha value is -2.97. The van der Waals surface area contributed by atoms with Crippen molar-refractivity contribution in [3.8, 4) is 0 Å². The molecule has 8 nitrogen and oxygen atoms in total. The first kappa shape index (κ1) is 17.2. The lowest BCUT2D eigenvalue weighted by molar-refractivity contribution is 0.158. The molecule has 0 aliphatic carbocycles. The van der Waals surface area contributed by atoms with Crippen LogP contribution in [0.15, 0.2) is 35.5 Å². The van der Waals surface area contributed by atoms with Gasteiger partial charge in [0.1, 0.15) is 11.3 Å². The van der Waals surface area contributed by atoms with Gasteiger partial charge in [-0.1, -0.05) is 0 Å². The summed E-state index contributed by atoms with van der Waals surface area (Å²) in [6.45, 7) is 6.15. The minimum absolute atomic E-state index is 0.126. The van der Waals surface area contributed by atoms with E-state index < -0.39 is 0 Å². The standard InChI is InChI=1S/C20H23N7O/c1-26-8-10-27(11-9-26)7-6-22-19-16-14-3-5-23-20(28)18(14)25-17(16)13-2-4-21-12-15(13)24-19/h2-5,12,25H,6-11H2,1H3,(H,22,24)(H,23,28). The minimum atomic E-state index is -0.126. The Balaban J connectivity index is 1.54. The Morgan fingerprint density at radius 1 is 1.14 bits per heavy atom. The highest BCUT2D eigenvalue weighted by Gasteiger charge is 2.17. The van der Waals surface area contributed by atoms with Crippen molar-refractivity contribution in [1.82, 2.24) is 29.7 Å². The van der Waals surface area contributed by atoms with Gasteiger partial charge >= 0.3 is 0 Å². The highest BCUT2D eigenvalue weighted by molar-refractivity contribution is 6.20. The number of aromatic nitrogens is 4. The highest BCUT2D eigenvalue weighted by Crippen LogP contribution is 2.33. The molecule has 144 valence electrons. The summed E-state index contributed by atoms with van der Waals surface area (Å²) >= 11 is 0. The molecule has 1 aliphatic rings. The third-order valence-electron chi connectivity index (χ3n) is 5.58. The van der Waals surface area contributed by atoms with Crippen molar-refractivity contribution >= 4 is 38.5 Å². The predicted octanol–water partition coefficient (Wildman–Crippen LogP) is 1.61. The molecule has 0 aromatic carbocycles. The van der Waals surface area contributed by atoms with E-state index >= 15 is 0 Å². The molecular formula is C20H23N7O. The normalized spacial score (nSPS) is 16.3. The van der Waals surface area contributed by atoms with Gasteiger partial charge in [0.2, 0.25) is 0 Å². The SMILES string of the molecule is CN1CCN(CCNc2nc3cnccc3c3[nH]c4c(=O)[nH]ccc4c23)CC1. The fraction of sp³-hybridized carbons (Fsp3) is 0.350. The molecule has 5 heterocycles. The van der Waals surface area contributed by atoms with Gasteiger partial charge in [-0.25, -0.2) is 4.98 Å². The zero-order valence-corrected chi connectivity index (χ0v) is 15.8. The van der Waals surface area contributed by atoms with Gasteiger partial charge in [0, 0.05) is 62.4 Å². The molecule has 1 saturated heterocycles. The number of nitrogens with one attached hydrogen (secondary N) is 3. The van der Waals surface area contributed by atoms with E-state index in [4.69, 9.17) is 4.98 Å². The summed E-state index contributed by atoms with van der Waals surface area (Å²) < 4.78 is 0. The molecule has 0 unspecified atom stereocenters. The van der Waals surface area contributed by atoms with Crippen LogP contribution in [0.1, 0.15) is 0 Å². The van der Waals surface area contributed by atoms with Gasteiger partial charge in [-0.2, -0.15) is 0 Å². The fourth-order valence-electron chi connectivity index (χ4n) is 3.98. The van der Waals surface area contributed by atoms with Gasteiger partial charge < -0.3 is 20.2 Å². The Morgan fingerprint density at radius 2 is 2.00 bits per heavy atom. The molecule has 4 aromatic rings. The molecular weight excluding hydrogens is 354 g/mol.